The lowest BCUT2D eigenvalue weighted by Crippen LogP contribution is -2.46. The first-order valence-electron chi connectivity index (χ1n) is 9.34. The fourth-order valence-electron chi connectivity index (χ4n) is 4.44. The number of aliphatic carboxylic acids is 1. The fraction of sp³-hybridized carbons (Fsp3) is 0.450. The predicted octanol–water partition coefficient (Wildman–Crippen LogP) is 2.35. The third-order valence-corrected chi connectivity index (χ3v) is 5.71. The van der Waals surface area contributed by atoms with E-state index in [-0.39, 0.29) is 35.7 Å². The van der Waals surface area contributed by atoms with Gasteiger partial charge >= 0.3 is 5.97 Å². The molecule has 0 aromatic carbocycles. The predicted molar refractivity (Wildman–Crippen MR) is 96.5 cm³/mol. The summed E-state index contributed by atoms with van der Waals surface area (Å²) in [5.41, 5.74) is -0.155. The quantitative estimate of drug-likeness (QED) is 0.892. The summed E-state index contributed by atoms with van der Waals surface area (Å²) in [5.74, 6) is -0.464. The maximum atomic E-state index is 13.0. The van der Waals surface area contributed by atoms with Crippen LogP contribution < -0.4 is 5.56 Å². The number of nitrogens with zero attached hydrogens (tertiary/aromatic N) is 2. The van der Waals surface area contributed by atoms with Crippen LogP contribution in [0.25, 0.3) is 0 Å². The second-order valence-corrected chi connectivity index (χ2v) is 7.35. The van der Waals surface area contributed by atoms with E-state index in [1.807, 2.05) is 0 Å². The van der Waals surface area contributed by atoms with Crippen molar-refractivity contribution >= 4 is 11.9 Å². The topological polar surface area (TPSA) is 92.8 Å². The first-order valence-corrected chi connectivity index (χ1v) is 9.34. The molecule has 142 valence electrons. The lowest BCUT2D eigenvalue weighted by atomic mass is 9.84. The molecule has 1 saturated heterocycles. The third kappa shape index (κ3) is 3.29. The number of carboxylic acids is 1. The monoisotopic (exact) mass is 370 g/mol. The highest BCUT2D eigenvalue weighted by molar-refractivity contribution is 5.95. The number of hydrogen-bond acceptors (Lipinski definition) is 4. The number of pyridine rings is 1. The smallest absolute Gasteiger partial charge is 0.326 e. The molecule has 3 unspecified atom stereocenters. The zero-order valence-electron chi connectivity index (χ0n) is 14.9. The molecule has 3 heterocycles. The van der Waals surface area contributed by atoms with E-state index < -0.39 is 12.0 Å². The molecule has 1 aliphatic heterocycles. The Bertz CT molecular complexity index is 915. The second-order valence-electron chi connectivity index (χ2n) is 7.35. The average Bonchev–Trinajstić information content (AvgIpc) is 3.28. The van der Waals surface area contributed by atoms with Gasteiger partial charge in [0.2, 0.25) is 0 Å². The summed E-state index contributed by atoms with van der Waals surface area (Å²) in [6.07, 6.45) is 6.08. The van der Waals surface area contributed by atoms with Crippen molar-refractivity contribution < 1.29 is 19.1 Å². The Morgan fingerprint density at radius 3 is 2.74 bits per heavy atom. The van der Waals surface area contributed by atoms with Crippen LogP contribution in [0.2, 0.25) is 0 Å². The minimum Gasteiger partial charge on any atom is -0.480 e. The molecule has 7 heteroatoms. The number of fused-ring (bicyclic) bond motifs is 1. The molecule has 1 amide bonds. The molecule has 2 aliphatic rings. The Kier molecular flexibility index (Phi) is 4.59. The van der Waals surface area contributed by atoms with Gasteiger partial charge in [-0.25, -0.2) is 4.79 Å². The van der Waals surface area contributed by atoms with Gasteiger partial charge in [0, 0.05) is 18.3 Å². The lowest BCUT2D eigenvalue weighted by Gasteiger charge is -2.32. The number of aromatic nitrogens is 1. The zero-order valence-corrected chi connectivity index (χ0v) is 14.9. The van der Waals surface area contributed by atoms with Crippen LogP contribution in [-0.2, 0) is 11.3 Å². The van der Waals surface area contributed by atoms with Crippen LogP contribution in [0.5, 0.6) is 0 Å². The van der Waals surface area contributed by atoms with Crippen molar-refractivity contribution in [2.45, 2.75) is 50.7 Å². The van der Waals surface area contributed by atoms with E-state index in [0.717, 1.165) is 25.7 Å². The Morgan fingerprint density at radius 2 is 1.96 bits per heavy atom. The highest BCUT2D eigenvalue weighted by atomic mass is 16.4. The summed E-state index contributed by atoms with van der Waals surface area (Å²) in [4.78, 5) is 38.1. The zero-order chi connectivity index (χ0) is 19.0. The van der Waals surface area contributed by atoms with Crippen molar-refractivity contribution in [3.8, 4) is 0 Å². The van der Waals surface area contributed by atoms with Crippen molar-refractivity contribution in [1.82, 2.24) is 9.47 Å². The van der Waals surface area contributed by atoms with Gasteiger partial charge in [-0.1, -0.05) is 18.9 Å². The van der Waals surface area contributed by atoms with Crippen LogP contribution in [0.3, 0.4) is 0 Å². The summed E-state index contributed by atoms with van der Waals surface area (Å²) in [7, 11) is 0. The van der Waals surface area contributed by atoms with Gasteiger partial charge < -0.3 is 19.0 Å². The number of carboxylic acid groups (broad SMARTS) is 1. The standard InChI is InChI=1S/C20H22N2O5/c23-18-7-3-4-10-21(18)12-14-8-9-17(27-14)19(24)22-15-6-2-1-5-13(15)11-16(22)20(25)26/h3-4,7-10,13,15-16H,1-2,5-6,11-12H2,(H,25,26). The summed E-state index contributed by atoms with van der Waals surface area (Å²) in [6.45, 7) is 0.224. The van der Waals surface area contributed by atoms with Gasteiger partial charge in [0.25, 0.3) is 11.5 Å². The molecule has 1 N–H and O–H groups in total. The Labute approximate surface area is 156 Å². The number of amides is 1. The van der Waals surface area contributed by atoms with E-state index in [1.54, 1.807) is 30.5 Å². The molecule has 2 aromatic rings. The maximum absolute atomic E-state index is 13.0. The highest BCUT2D eigenvalue weighted by Crippen LogP contribution is 2.40. The largest absolute Gasteiger partial charge is 0.480 e. The first-order chi connectivity index (χ1) is 13.0. The number of hydrogen-bond donors (Lipinski definition) is 1. The number of likely N-dealkylation sites (tertiary alicyclic amines) is 1. The molecule has 0 spiro atoms. The molecule has 3 atom stereocenters. The van der Waals surface area contributed by atoms with Gasteiger partial charge in [-0.2, -0.15) is 0 Å². The number of carbonyl (C=O) groups is 2. The molecule has 27 heavy (non-hydrogen) atoms. The van der Waals surface area contributed by atoms with E-state index >= 15 is 0 Å². The van der Waals surface area contributed by atoms with Crippen molar-refractivity contribution in [1.29, 1.82) is 0 Å². The van der Waals surface area contributed by atoms with Crippen LogP contribution in [-0.4, -0.2) is 38.5 Å². The number of rotatable bonds is 4. The molecule has 0 radical (unpaired) electrons. The summed E-state index contributed by atoms with van der Waals surface area (Å²) < 4.78 is 7.17. The van der Waals surface area contributed by atoms with Crippen LogP contribution in [0.1, 0.15) is 48.4 Å². The minimum absolute atomic E-state index is 0.0300. The van der Waals surface area contributed by atoms with Crippen molar-refractivity contribution in [3.63, 3.8) is 0 Å². The first kappa shape index (κ1) is 17.6. The minimum atomic E-state index is -0.958. The van der Waals surface area contributed by atoms with Crippen LogP contribution in [0.4, 0.5) is 0 Å². The molecular weight excluding hydrogens is 348 g/mol. The Morgan fingerprint density at radius 1 is 1.15 bits per heavy atom. The van der Waals surface area contributed by atoms with E-state index in [1.165, 1.54) is 15.5 Å². The molecule has 2 fully saturated rings. The van der Waals surface area contributed by atoms with E-state index in [4.69, 9.17) is 4.42 Å². The molecule has 2 aromatic heterocycles. The molecule has 1 saturated carbocycles. The normalized spacial score (nSPS) is 24.6. The van der Waals surface area contributed by atoms with E-state index in [2.05, 4.69) is 0 Å². The SMILES string of the molecule is O=C(O)C1CC2CCCCC2N1C(=O)c1ccc(Cn2ccccc2=O)o1. The van der Waals surface area contributed by atoms with Gasteiger partial charge in [-0.05, 0) is 43.4 Å². The van der Waals surface area contributed by atoms with E-state index in [0.29, 0.717) is 12.2 Å². The molecule has 1 aliphatic carbocycles. The van der Waals surface area contributed by atoms with Gasteiger partial charge in [0.1, 0.15) is 11.8 Å². The average molecular weight is 370 g/mol. The van der Waals surface area contributed by atoms with E-state index in [9.17, 15) is 19.5 Å². The fourth-order valence-corrected chi connectivity index (χ4v) is 4.44. The summed E-state index contributed by atoms with van der Waals surface area (Å²) >= 11 is 0. The van der Waals surface area contributed by atoms with Gasteiger partial charge in [-0.3, -0.25) is 9.59 Å². The number of carbonyl (C=O) groups excluding carboxylic acids is 1. The van der Waals surface area contributed by atoms with Crippen molar-refractivity contribution in [3.05, 3.63) is 58.4 Å². The van der Waals surface area contributed by atoms with Gasteiger partial charge in [0.15, 0.2) is 5.76 Å². The van der Waals surface area contributed by atoms with Crippen LogP contribution in [0.15, 0.2) is 45.7 Å². The van der Waals surface area contributed by atoms with Crippen molar-refractivity contribution in [2.75, 3.05) is 0 Å². The van der Waals surface area contributed by atoms with Crippen LogP contribution in [0, 0.1) is 5.92 Å². The Hall–Kier alpha value is -2.83. The second kappa shape index (κ2) is 7.06. The molecule has 4 rings (SSSR count). The van der Waals surface area contributed by atoms with Gasteiger partial charge in [-0.15, -0.1) is 0 Å². The summed E-state index contributed by atoms with van der Waals surface area (Å²) in [5, 5.41) is 9.59. The Balaban J connectivity index is 1.57. The molecule has 7 nitrogen and oxygen atoms in total. The van der Waals surface area contributed by atoms with Crippen LogP contribution >= 0.6 is 0 Å². The summed E-state index contributed by atoms with van der Waals surface area (Å²) in [6, 6.07) is 7.28. The molecule has 0 bridgehead atoms. The maximum Gasteiger partial charge on any atom is 0.326 e. The van der Waals surface area contributed by atoms with Crippen molar-refractivity contribution in [2.24, 2.45) is 5.92 Å². The molecular formula is C20H22N2O5. The lowest BCUT2D eigenvalue weighted by molar-refractivity contribution is -0.141. The third-order valence-electron chi connectivity index (χ3n) is 5.71. The van der Waals surface area contributed by atoms with Gasteiger partial charge in [0.05, 0.1) is 6.54 Å². The highest BCUT2D eigenvalue weighted by Gasteiger charge is 2.48. The number of furan rings is 1.